The van der Waals surface area contributed by atoms with E-state index in [4.69, 9.17) is 10.2 Å². The van der Waals surface area contributed by atoms with Crippen molar-refractivity contribution in [3.05, 3.63) is 29.7 Å². The van der Waals surface area contributed by atoms with Gasteiger partial charge in [0.15, 0.2) is 5.78 Å². The number of sulfonamides is 1. The molecule has 0 bridgehead atoms. The van der Waals surface area contributed by atoms with Gasteiger partial charge in [0.05, 0.1) is 18.0 Å². The zero-order chi connectivity index (χ0) is 20.5. The van der Waals surface area contributed by atoms with E-state index in [1.807, 2.05) is 0 Å². The lowest BCUT2D eigenvalue weighted by molar-refractivity contribution is 0.0889. The molecule has 0 radical (unpaired) electrons. The summed E-state index contributed by atoms with van der Waals surface area (Å²) in [5.74, 6) is 0.463. The number of benzene rings is 1. The van der Waals surface area contributed by atoms with Crippen molar-refractivity contribution in [3.63, 3.8) is 0 Å². The van der Waals surface area contributed by atoms with E-state index in [1.54, 1.807) is 25.1 Å². The fraction of sp³-hybridized carbons (Fsp3) is 0.526. The molecule has 1 aromatic heterocycles. The van der Waals surface area contributed by atoms with E-state index in [1.165, 1.54) is 7.05 Å². The zero-order valence-electron chi connectivity index (χ0n) is 16.4. The van der Waals surface area contributed by atoms with Crippen LogP contribution >= 0.6 is 0 Å². The smallest absolute Gasteiger partial charge is 0.247 e. The van der Waals surface area contributed by atoms with Crippen LogP contribution in [-0.2, 0) is 10.0 Å². The lowest BCUT2D eigenvalue weighted by Gasteiger charge is -2.22. The molecule has 9 heteroatoms. The van der Waals surface area contributed by atoms with Gasteiger partial charge in [0.2, 0.25) is 21.8 Å². The molecule has 152 valence electrons. The van der Waals surface area contributed by atoms with Crippen LogP contribution in [0.2, 0.25) is 0 Å². The van der Waals surface area contributed by atoms with Crippen LogP contribution in [0.5, 0.6) is 0 Å². The van der Waals surface area contributed by atoms with E-state index < -0.39 is 16.1 Å². The molecule has 0 aliphatic heterocycles. The molecule has 3 rings (SSSR count). The molecule has 1 aromatic carbocycles. The largest absolute Gasteiger partial charge is 0.419 e. The number of ketones is 1. The van der Waals surface area contributed by atoms with Gasteiger partial charge in [0, 0.05) is 24.1 Å². The lowest BCUT2D eigenvalue weighted by atomic mass is 9.83. The first kappa shape index (κ1) is 20.5. The first-order valence-corrected chi connectivity index (χ1v) is 11.2. The second-order valence-electron chi connectivity index (χ2n) is 7.43. The topological polar surface area (TPSA) is 119 Å². The molecule has 28 heavy (non-hydrogen) atoms. The van der Waals surface area contributed by atoms with Crippen LogP contribution in [0.3, 0.4) is 0 Å². The minimum atomic E-state index is -3.49. The van der Waals surface area contributed by atoms with Crippen LogP contribution < -0.4 is 10.0 Å². The van der Waals surface area contributed by atoms with E-state index in [-0.39, 0.29) is 23.5 Å². The number of hydrogen-bond acceptors (Lipinski definition) is 7. The minimum Gasteiger partial charge on any atom is -0.419 e. The number of hydrogen-bond donors (Lipinski definition) is 1. The Morgan fingerprint density at radius 3 is 2.46 bits per heavy atom. The molecule has 1 unspecified atom stereocenters. The first-order valence-electron chi connectivity index (χ1n) is 9.39. The maximum absolute atomic E-state index is 13.1. The van der Waals surface area contributed by atoms with Crippen molar-refractivity contribution in [2.45, 2.75) is 45.1 Å². The third-order valence-corrected chi connectivity index (χ3v) is 6.32. The molecular formula is C19H26N4O4S. The molecule has 1 saturated carbocycles. The van der Waals surface area contributed by atoms with Gasteiger partial charge in [-0.15, -0.1) is 10.2 Å². The molecular weight excluding hydrogens is 380 g/mol. The van der Waals surface area contributed by atoms with E-state index in [2.05, 4.69) is 10.2 Å². The van der Waals surface area contributed by atoms with Crippen LogP contribution in [0, 0.1) is 5.92 Å². The number of carbonyl (C=O) groups is 1. The molecule has 2 aromatic rings. The van der Waals surface area contributed by atoms with Gasteiger partial charge in [-0.1, -0.05) is 19.3 Å². The highest BCUT2D eigenvalue weighted by Crippen LogP contribution is 2.32. The highest BCUT2D eigenvalue weighted by Gasteiger charge is 2.25. The molecule has 0 amide bonds. The predicted molar refractivity (Wildman–Crippen MR) is 106 cm³/mol. The Bertz CT molecular complexity index is 962. The van der Waals surface area contributed by atoms with Crippen LogP contribution in [0.15, 0.2) is 22.6 Å². The van der Waals surface area contributed by atoms with Crippen LogP contribution in [0.25, 0.3) is 11.5 Å². The Balaban J connectivity index is 2.06. The minimum absolute atomic E-state index is 0.0247. The highest BCUT2D eigenvalue weighted by molar-refractivity contribution is 7.92. The summed E-state index contributed by atoms with van der Waals surface area (Å²) in [6.45, 7) is 1.73. The van der Waals surface area contributed by atoms with Crippen molar-refractivity contribution in [3.8, 4) is 11.5 Å². The monoisotopic (exact) mass is 406 g/mol. The lowest BCUT2D eigenvalue weighted by Crippen LogP contribution is -2.25. The average molecular weight is 407 g/mol. The number of carbonyl (C=O) groups excluding carboxylic acids is 1. The Kier molecular flexibility index (Phi) is 5.85. The molecule has 1 aliphatic carbocycles. The van der Waals surface area contributed by atoms with Gasteiger partial charge in [-0.2, -0.15) is 0 Å². The number of anilines is 1. The van der Waals surface area contributed by atoms with Crippen molar-refractivity contribution < 1.29 is 17.6 Å². The Labute approximate surface area is 165 Å². The number of nitrogens with zero attached hydrogens (tertiary/aromatic N) is 3. The number of nitrogens with two attached hydrogens (primary N) is 1. The summed E-state index contributed by atoms with van der Waals surface area (Å²) >= 11 is 0. The fourth-order valence-corrected chi connectivity index (χ4v) is 3.87. The molecule has 1 fully saturated rings. The second-order valence-corrected chi connectivity index (χ2v) is 9.45. The molecule has 1 atom stereocenters. The molecule has 8 nitrogen and oxygen atoms in total. The maximum atomic E-state index is 13.1. The normalized spacial score (nSPS) is 16.7. The predicted octanol–water partition coefficient (Wildman–Crippen LogP) is 2.92. The van der Waals surface area contributed by atoms with Crippen LogP contribution in [0.4, 0.5) is 5.69 Å². The quantitative estimate of drug-likeness (QED) is 0.732. The molecule has 1 heterocycles. The number of aromatic nitrogens is 2. The van der Waals surface area contributed by atoms with E-state index >= 15 is 0 Å². The summed E-state index contributed by atoms with van der Waals surface area (Å²) in [7, 11) is -2.05. The summed E-state index contributed by atoms with van der Waals surface area (Å²) in [5, 5.41) is 7.93. The summed E-state index contributed by atoms with van der Waals surface area (Å²) in [4.78, 5) is 13.1. The van der Waals surface area contributed by atoms with Gasteiger partial charge < -0.3 is 10.2 Å². The van der Waals surface area contributed by atoms with E-state index in [0.29, 0.717) is 16.8 Å². The van der Waals surface area contributed by atoms with E-state index in [0.717, 1.165) is 42.7 Å². The Hall–Kier alpha value is -2.26. The van der Waals surface area contributed by atoms with Gasteiger partial charge >= 0.3 is 0 Å². The fourth-order valence-electron chi connectivity index (χ4n) is 3.39. The summed E-state index contributed by atoms with van der Waals surface area (Å²) in [6, 6.07) is 4.50. The molecule has 1 aliphatic rings. The van der Waals surface area contributed by atoms with Crippen molar-refractivity contribution in [2.24, 2.45) is 11.7 Å². The SMILES string of the molecule is CC(N)c1nnc(-c2cc(C(=O)C3CCCCC3)cc(N(C)S(C)(=O)=O)c2)o1. The molecule has 0 spiro atoms. The van der Waals surface area contributed by atoms with Crippen molar-refractivity contribution >= 4 is 21.5 Å². The van der Waals surface area contributed by atoms with Crippen LogP contribution in [-0.4, -0.2) is 37.7 Å². The number of rotatable bonds is 6. The standard InChI is InChI=1S/C19H26N4O4S/c1-12(20)18-21-22-19(27-18)15-9-14(17(24)13-7-5-4-6-8-13)10-16(11-15)23(2)28(3,25)26/h9-13H,4-8,20H2,1-3H3. The van der Waals surface area contributed by atoms with Gasteiger partial charge in [0.1, 0.15) is 0 Å². The Morgan fingerprint density at radius 2 is 1.89 bits per heavy atom. The van der Waals surface area contributed by atoms with Crippen molar-refractivity contribution in [1.82, 2.24) is 10.2 Å². The summed E-state index contributed by atoms with van der Waals surface area (Å²) < 4.78 is 30.8. The van der Waals surface area contributed by atoms with E-state index in [9.17, 15) is 13.2 Å². The van der Waals surface area contributed by atoms with Crippen LogP contribution in [0.1, 0.15) is 61.3 Å². The van der Waals surface area contributed by atoms with Gasteiger partial charge in [-0.25, -0.2) is 8.42 Å². The van der Waals surface area contributed by atoms with Gasteiger partial charge in [-0.3, -0.25) is 9.10 Å². The average Bonchev–Trinajstić information content (AvgIpc) is 3.17. The van der Waals surface area contributed by atoms with Crippen molar-refractivity contribution in [2.75, 3.05) is 17.6 Å². The van der Waals surface area contributed by atoms with Gasteiger partial charge in [-0.05, 0) is 38.0 Å². The third-order valence-electron chi connectivity index (χ3n) is 5.12. The third kappa shape index (κ3) is 4.41. The zero-order valence-corrected chi connectivity index (χ0v) is 17.2. The maximum Gasteiger partial charge on any atom is 0.247 e. The second kappa shape index (κ2) is 8.00. The summed E-state index contributed by atoms with van der Waals surface area (Å²) in [6.07, 6.45) is 6.05. The van der Waals surface area contributed by atoms with Gasteiger partial charge in [0.25, 0.3) is 0 Å². The first-order chi connectivity index (χ1) is 13.2. The molecule has 0 saturated heterocycles. The molecule has 2 N–H and O–H groups in total. The Morgan fingerprint density at radius 1 is 1.21 bits per heavy atom. The highest BCUT2D eigenvalue weighted by atomic mass is 32.2. The summed E-state index contributed by atoms with van der Waals surface area (Å²) in [5.41, 5.74) is 7.10. The number of Topliss-reactive ketones (excluding diaryl/α,β-unsaturated/α-hetero) is 1. The van der Waals surface area contributed by atoms with Crippen molar-refractivity contribution in [1.29, 1.82) is 0 Å².